The Balaban J connectivity index is 1.18. The first-order chi connectivity index (χ1) is 24.0. The van der Waals surface area contributed by atoms with Crippen LogP contribution in [0.5, 0.6) is 0 Å². The SMILES string of the molecule is CC1(C)c2ccccc2-c2cc(N(c3ccc(-c4cccc5ccccc45)cc3)c3ccc4ccc5sc6ccccc6c5c4c3)ccc21. The number of thiophene rings is 1. The lowest BCUT2D eigenvalue weighted by Gasteiger charge is -2.27. The Kier molecular flexibility index (Phi) is 6.16. The van der Waals surface area contributed by atoms with Crippen LogP contribution in [-0.4, -0.2) is 0 Å². The monoisotopic (exact) mass is 643 g/mol. The molecule has 9 aromatic rings. The molecule has 2 heteroatoms. The first-order valence-corrected chi connectivity index (χ1v) is 17.8. The third-order valence-electron chi connectivity index (χ3n) is 10.7. The molecule has 0 aliphatic heterocycles. The van der Waals surface area contributed by atoms with Crippen molar-refractivity contribution >= 4 is 70.1 Å². The molecule has 8 aromatic carbocycles. The third-order valence-corrected chi connectivity index (χ3v) is 11.8. The van der Waals surface area contributed by atoms with Gasteiger partial charge in [0.05, 0.1) is 0 Å². The van der Waals surface area contributed by atoms with Gasteiger partial charge in [0.25, 0.3) is 0 Å². The van der Waals surface area contributed by atoms with Gasteiger partial charge in [0.15, 0.2) is 0 Å². The van der Waals surface area contributed by atoms with E-state index in [0.29, 0.717) is 0 Å². The van der Waals surface area contributed by atoms with Crippen molar-refractivity contribution in [3.8, 4) is 22.3 Å². The molecule has 0 radical (unpaired) electrons. The topological polar surface area (TPSA) is 3.24 Å². The Morgan fingerprint density at radius 3 is 1.96 bits per heavy atom. The van der Waals surface area contributed by atoms with Crippen LogP contribution in [0.1, 0.15) is 25.0 Å². The van der Waals surface area contributed by atoms with Crippen molar-refractivity contribution in [2.45, 2.75) is 19.3 Å². The van der Waals surface area contributed by atoms with Crippen LogP contribution in [0.25, 0.3) is 64.0 Å². The van der Waals surface area contributed by atoms with Crippen molar-refractivity contribution < 1.29 is 0 Å². The molecular formula is C47H33NS. The van der Waals surface area contributed by atoms with Crippen LogP contribution in [0.2, 0.25) is 0 Å². The number of hydrogen-bond acceptors (Lipinski definition) is 2. The summed E-state index contributed by atoms with van der Waals surface area (Å²) in [4.78, 5) is 2.44. The fourth-order valence-corrected chi connectivity index (χ4v) is 9.35. The van der Waals surface area contributed by atoms with Gasteiger partial charge < -0.3 is 4.90 Å². The lowest BCUT2D eigenvalue weighted by Crippen LogP contribution is -2.15. The average molecular weight is 644 g/mol. The third kappa shape index (κ3) is 4.31. The van der Waals surface area contributed by atoms with E-state index in [9.17, 15) is 0 Å². The normalized spacial score (nSPS) is 13.3. The van der Waals surface area contributed by atoms with Crippen molar-refractivity contribution in [3.63, 3.8) is 0 Å². The number of benzene rings is 8. The van der Waals surface area contributed by atoms with E-state index in [2.05, 4.69) is 183 Å². The van der Waals surface area contributed by atoms with Crippen LogP contribution < -0.4 is 4.90 Å². The van der Waals surface area contributed by atoms with Gasteiger partial charge in [-0.15, -0.1) is 11.3 Å². The van der Waals surface area contributed by atoms with Crippen molar-refractivity contribution in [2.75, 3.05) is 4.90 Å². The Hall–Kier alpha value is -5.70. The summed E-state index contributed by atoms with van der Waals surface area (Å²) in [6.07, 6.45) is 0. The molecule has 1 heterocycles. The number of fused-ring (bicyclic) bond motifs is 9. The lowest BCUT2D eigenvalue weighted by atomic mass is 9.82. The van der Waals surface area contributed by atoms with Crippen LogP contribution in [-0.2, 0) is 5.41 Å². The van der Waals surface area contributed by atoms with Crippen LogP contribution in [0.15, 0.2) is 164 Å². The zero-order chi connectivity index (χ0) is 32.7. The number of hydrogen-bond donors (Lipinski definition) is 0. The summed E-state index contributed by atoms with van der Waals surface area (Å²) in [7, 11) is 0. The van der Waals surface area contributed by atoms with E-state index in [0.717, 1.165) is 17.1 Å². The average Bonchev–Trinajstić information content (AvgIpc) is 3.64. The molecule has 0 spiro atoms. The molecule has 1 aliphatic rings. The summed E-state index contributed by atoms with van der Waals surface area (Å²) in [5.41, 5.74) is 11.3. The Morgan fingerprint density at radius 2 is 1.06 bits per heavy atom. The first-order valence-electron chi connectivity index (χ1n) is 17.0. The molecule has 0 bridgehead atoms. The summed E-state index contributed by atoms with van der Waals surface area (Å²) in [5, 5.41) is 7.75. The van der Waals surface area contributed by atoms with Gasteiger partial charge in [-0.1, -0.05) is 129 Å². The maximum atomic E-state index is 2.44. The van der Waals surface area contributed by atoms with E-state index in [1.807, 2.05) is 11.3 Å². The minimum absolute atomic E-state index is 0.0377. The molecule has 0 unspecified atom stereocenters. The van der Waals surface area contributed by atoms with Crippen LogP contribution in [0.3, 0.4) is 0 Å². The number of nitrogens with zero attached hydrogens (tertiary/aromatic N) is 1. The molecule has 1 nitrogen and oxygen atoms in total. The van der Waals surface area contributed by atoms with Gasteiger partial charge in [-0.05, 0) is 103 Å². The highest BCUT2D eigenvalue weighted by molar-refractivity contribution is 7.26. The minimum atomic E-state index is -0.0377. The van der Waals surface area contributed by atoms with Crippen LogP contribution >= 0.6 is 11.3 Å². The van der Waals surface area contributed by atoms with Gasteiger partial charge in [-0.25, -0.2) is 0 Å². The maximum absolute atomic E-state index is 2.44. The fraction of sp³-hybridized carbons (Fsp3) is 0.0638. The fourth-order valence-electron chi connectivity index (χ4n) is 8.23. The molecular weight excluding hydrogens is 611 g/mol. The first kappa shape index (κ1) is 28.3. The van der Waals surface area contributed by atoms with E-state index in [1.54, 1.807) is 0 Å². The largest absolute Gasteiger partial charge is 0.310 e. The highest BCUT2D eigenvalue weighted by Crippen LogP contribution is 2.51. The number of rotatable bonds is 4. The van der Waals surface area contributed by atoms with E-state index >= 15 is 0 Å². The second-order valence-electron chi connectivity index (χ2n) is 13.8. The summed E-state index contributed by atoms with van der Waals surface area (Å²) >= 11 is 1.88. The predicted molar refractivity (Wildman–Crippen MR) is 212 cm³/mol. The van der Waals surface area contributed by atoms with Crippen molar-refractivity contribution in [2.24, 2.45) is 0 Å². The van der Waals surface area contributed by atoms with Gasteiger partial charge in [-0.2, -0.15) is 0 Å². The van der Waals surface area contributed by atoms with E-state index in [4.69, 9.17) is 0 Å². The second kappa shape index (κ2) is 10.7. The second-order valence-corrected chi connectivity index (χ2v) is 14.8. The van der Waals surface area contributed by atoms with Gasteiger partial charge in [0.1, 0.15) is 0 Å². The highest BCUT2D eigenvalue weighted by Gasteiger charge is 2.35. The highest BCUT2D eigenvalue weighted by atomic mass is 32.1. The summed E-state index contributed by atoms with van der Waals surface area (Å²) in [5.74, 6) is 0. The van der Waals surface area contributed by atoms with Crippen LogP contribution in [0, 0.1) is 0 Å². The molecule has 10 rings (SSSR count). The Bertz CT molecular complexity index is 2740. The Morgan fingerprint density at radius 1 is 0.429 bits per heavy atom. The van der Waals surface area contributed by atoms with Crippen molar-refractivity contribution in [1.29, 1.82) is 0 Å². The zero-order valence-corrected chi connectivity index (χ0v) is 28.3. The molecule has 0 saturated heterocycles. The van der Waals surface area contributed by atoms with Crippen molar-refractivity contribution in [1.82, 2.24) is 0 Å². The molecule has 232 valence electrons. The van der Waals surface area contributed by atoms with E-state index in [-0.39, 0.29) is 5.41 Å². The van der Waals surface area contributed by atoms with E-state index < -0.39 is 0 Å². The summed E-state index contributed by atoms with van der Waals surface area (Å²) < 4.78 is 2.66. The van der Waals surface area contributed by atoms with Gasteiger partial charge >= 0.3 is 0 Å². The summed E-state index contributed by atoms with van der Waals surface area (Å²) in [6, 6.07) is 60.7. The molecule has 0 N–H and O–H groups in total. The smallest absolute Gasteiger partial charge is 0.0468 e. The summed E-state index contributed by atoms with van der Waals surface area (Å²) in [6.45, 7) is 4.70. The number of anilines is 3. The minimum Gasteiger partial charge on any atom is -0.310 e. The Labute approximate surface area is 290 Å². The predicted octanol–water partition coefficient (Wildman–Crippen LogP) is 13.8. The molecule has 0 atom stereocenters. The molecule has 1 aromatic heterocycles. The quantitative estimate of drug-likeness (QED) is 0.184. The molecule has 0 amide bonds. The zero-order valence-electron chi connectivity index (χ0n) is 27.4. The molecule has 49 heavy (non-hydrogen) atoms. The standard InChI is InChI=1S/C47H33NS/c1-47(2)42-16-7-5-13-38(42)41-29-35(25-26-43(41)47)48(33-22-18-31(19-23-33)37-15-9-11-30-10-3-4-12-36(30)37)34-24-20-32-21-27-45-46(40(32)28-34)39-14-6-8-17-44(39)49-45/h3-29H,1-2H3. The van der Waals surface area contributed by atoms with Crippen LogP contribution in [0.4, 0.5) is 17.1 Å². The molecule has 1 aliphatic carbocycles. The van der Waals surface area contributed by atoms with Crippen molar-refractivity contribution in [3.05, 3.63) is 175 Å². The van der Waals surface area contributed by atoms with Gasteiger partial charge in [-0.3, -0.25) is 0 Å². The molecule has 0 fully saturated rings. The molecule has 0 saturated carbocycles. The lowest BCUT2D eigenvalue weighted by molar-refractivity contribution is 0.660. The van der Waals surface area contributed by atoms with Gasteiger partial charge in [0.2, 0.25) is 0 Å². The van der Waals surface area contributed by atoms with E-state index in [1.165, 1.54) is 75.1 Å². The maximum Gasteiger partial charge on any atom is 0.0468 e. The van der Waals surface area contributed by atoms with Gasteiger partial charge in [0, 0.05) is 42.6 Å².